The average Bonchev–Trinajstić information content (AvgIpc) is 2.48. The smallest absolute Gasteiger partial charge is 0.276 e. The second-order valence-electron chi connectivity index (χ2n) is 3.42. The van der Waals surface area contributed by atoms with Gasteiger partial charge in [0.1, 0.15) is 12.4 Å². The van der Waals surface area contributed by atoms with Crippen molar-refractivity contribution >= 4 is 10.4 Å². The van der Waals surface area contributed by atoms with Crippen molar-refractivity contribution in [2.45, 2.75) is 6.92 Å². The van der Waals surface area contributed by atoms with Gasteiger partial charge in [0.15, 0.2) is 0 Å². The van der Waals surface area contributed by atoms with Crippen LogP contribution in [-0.4, -0.2) is 14.6 Å². The van der Waals surface area contributed by atoms with E-state index in [1.54, 1.807) is 0 Å². The highest BCUT2D eigenvalue weighted by molar-refractivity contribution is 6.08. The van der Waals surface area contributed by atoms with Crippen LogP contribution in [0.15, 0.2) is 36.7 Å². The van der Waals surface area contributed by atoms with Crippen LogP contribution in [0.3, 0.4) is 0 Å². The maximum atomic E-state index is 3.54. The van der Waals surface area contributed by atoms with Crippen LogP contribution in [0.2, 0.25) is 0 Å². The summed E-state index contributed by atoms with van der Waals surface area (Å²) in [5.41, 5.74) is 2.52. The Morgan fingerprint density at radius 2 is 2.00 bits per heavy atom. The largest absolute Gasteiger partial charge is 0.375 e. The monoisotopic (exact) mass is 200 g/mol. The van der Waals surface area contributed by atoms with Crippen LogP contribution in [0.5, 0.6) is 0 Å². The summed E-state index contributed by atoms with van der Waals surface area (Å²) >= 11 is 0. The first-order valence-corrected chi connectivity index (χ1v) is 4.99. The van der Waals surface area contributed by atoms with Gasteiger partial charge in [-0.15, -0.1) is 0 Å². The Morgan fingerprint density at radius 3 is 2.57 bits per heavy atom. The summed E-state index contributed by atoms with van der Waals surface area (Å²) < 4.78 is 4.04. The van der Waals surface area contributed by atoms with E-state index in [-0.39, 0.29) is 0 Å². The second kappa shape index (κ2) is 3.42. The molecule has 0 amide bonds. The molecule has 1 aromatic heterocycles. The van der Waals surface area contributed by atoms with Gasteiger partial charge >= 0.3 is 10.4 Å². The highest BCUT2D eigenvalue weighted by Crippen LogP contribution is 2.18. The first kappa shape index (κ1) is 9.21. The van der Waals surface area contributed by atoms with Gasteiger partial charge < -0.3 is 0 Å². The Balaban J connectivity index is 2.66. The molecule has 2 nitrogen and oxygen atoms in total. The Labute approximate surface area is 87.3 Å². The van der Waals surface area contributed by atoms with E-state index in [0.29, 0.717) is 0 Å². The molecule has 14 heavy (non-hydrogen) atoms. The predicted octanol–water partition coefficient (Wildman–Crippen LogP) is 1.22. The number of imidazole rings is 1. The number of hydrogen-bond acceptors (Lipinski definition) is 0. The van der Waals surface area contributed by atoms with Crippen molar-refractivity contribution in [1.29, 1.82) is 0 Å². The molecule has 0 aliphatic carbocycles. The molecule has 1 aromatic carbocycles. The fourth-order valence-electron chi connectivity index (χ4n) is 1.62. The van der Waals surface area contributed by atoms with Crippen molar-refractivity contribution in [2.24, 2.45) is 7.05 Å². The molecule has 0 saturated heterocycles. The zero-order valence-corrected chi connectivity index (χ0v) is 9.36. The molecule has 1 heterocycles. The summed E-state index contributed by atoms with van der Waals surface area (Å²) in [6, 6.07) is 8.36. The molecular formula is C11H12N2Si+. The van der Waals surface area contributed by atoms with Gasteiger partial charge in [0.05, 0.1) is 12.6 Å². The molecule has 3 heteroatoms. The highest BCUT2D eigenvalue weighted by Gasteiger charge is 2.15. The van der Waals surface area contributed by atoms with Crippen LogP contribution in [-0.2, 0) is 7.05 Å². The fraction of sp³-hybridized carbons (Fsp3) is 0.182. The molecule has 0 aliphatic heterocycles. The maximum absolute atomic E-state index is 3.54. The molecule has 0 aliphatic rings. The number of nitrogens with zero attached hydrogens (tertiary/aromatic N) is 2. The zero-order chi connectivity index (χ0) is 10.1. The summed E-state index contributed by atoms with van der Waals surface area (Å²) in [4.78, 5) is 0. The van der Waals surface area contributed by atoms with E-state index in [1.807, 2.05) is 23.7 Å². The van der Waals surface area contributed by atoms with Gasteiger partial charge in [0.2, 0.25) is 0 Å². The molecule has 3 radical (unpaired) electrons. The lowest BCUT2D eigenvalue weighted by Gasteiger charge is -2.02. The van der Waals surface area contributed by atoms with Crippen molar-refractivity contribution in [3.63, 3.8) is 0 Å². The number of rotatable bonds is 1. The zero-order valence-electron chi connectivity index (χ0n) is 8.36. The summed E-state index contributed by atoms with van der Waals surface area (Å²) in [7, 11) is 5.58. The van der Waals surface area contributed by atoms with Crippen LogP contribution in [0.4, 0.5) is 0 Å². The van der Waals surface area contributed by atoms with Crippen LogP contribution in [0.25, 0.3) is 11.4 Å². The lowest BCUT2D eigenvalue weighted by Crippen LogP contribution is -2.29. The van der Waals surface area contributed by atoms with Crippen molar-refractivity contribution in [2.75, 3.05) is 0 Å². The molecule has 0 unspecified atom stereocenters. The molecular weight excluding hydrogens is 188 g/mol. The van der Waals surface area contributed by atoms with E-state index in [9.17, 15) is 0 Å². The van der Waals surface area contributed by atoms with Gasteiger partial charge in [0.25, 0.3) is 5.82 Å². The van der Waals surface area contributed by atoms with Crippen molar-refractivity contribution < 1.29 is 4.57 Å². The first-order valence-electron chi connectivity index (χ1n) is 4.55. The van der Waals surface area contributed by atoms with E-state index in [2.05, 4.69) is 46.2 Å². The molecule has 2 rings (SSSR count). The number of hydrogen-bond donors (Lipinski definition) is 0. The average molecular weight is 200 g/mol. The van der Waals surface area contributed by atoms with Crippen LogP contribution in [0.1, 0.15) is 5.56 Å². The van der Waals surface area contributed by atoms with Crippen molar-refractivity contribution in [1.82, 2.24) is 4.23 Å². The molecule has 0 fully saturated rings. The van der Waals surface area contributed by atoms with Crippen molar-refractivity contribution in [3.8, 4) is 11.4 Å². The normalized spacial score (nSPS) is 10.5. The molecule has 0 saturated carbocycles. The predicted molar refractivity (Wildman–Crippen MR) is 56.9 cm³/mol. The summed E-state index contributed by atoms with van der Waals surface area (Å²) in [6.07, 6.45) is 4.01. The van der Waals surface area contributed by atoms with E-state index in [4.69, 9.17) is 0 Å². The molecule has 69 valence electrons. The van der Waals surface area contributed by atoms with Crippen LogP contribution in [0, 0.1) is 6.92 Å². The minimum absolute atomic E-state index is 1.15. The Hall–Kier alpha value is -1.35. The van der Waals surface area contributed by atoms with Crippen molar-refractivity contribution in [3.05, 3.63) is 42.2 Å². The van der Waals surface area contributed by atoms with Crippen LogP contribution < -0.4 is 4.57 Å². The standard InChI is InChI=1S/C11H12N2Si/c1-9-5-3-4-6-10(9)11-12(2)7-8-13(11)14/h3-8H,1-2H3/q+1. The van der Waals surface area contributed by atoms with E-state index >= 15 is 0 Å². The highest BCUT2D eigenvalue weighted by atomic mass is 28.2. The first-order chi connectivity index (χ1) is 6.70. The maximum Gasteiger partial charge on any atom is 0.375 e. The molecule has 0 N–H and O–H groups in total. The second-order valence-corrected chi connectivity index (χ2v) is 3.90. The fourth-order valence-corrected chi connectivity index (χ4v) is 1.97. The number of benzene rings is 1. The Bertz CT molecular complexity index is 441. The topological polar surface area (TPSA) is 8.81 Å². The molecule has 0 atom stereocenters. The Morgan fingerprint density at radius 1 is 1.29 bits per heavy atom. The minimum Gasteiger partial charge on any atom is -0.276 e. The third-order valence-corrected chi connectivity index (χ3v) is 2.75. The minimum atomic E-state index is 1.15. The summed E-state index contributed by atoms with van der Waals surface area (Å²) in [5, 5.41) is 0. The summed E-state index contributed by atoms with van der Waals surface area (Å²) in [6.45, 7) is 2.12. The van der Waals surface area contributed by atoms with E-state index in [1.165, 1.54) is 11.1 Å². The molecule has 0 spiro atoms. The van der Waals surface area contributed by atoms with Crippen LogP contribution >= 0.6 is 0 Å². The van der Waals surface area contributed by atoms with Gasteiger partial charge in [-0.3, -0.25) is 4.23 Å². The van der Waals surface area contributed by atoms with Gasteiger partial charge in [0, 0.05) is 0 Å². The van der Waals surface area contributed by atoms with E-state index < -0.39 is 0 Å². The van der Waals surface area contributed by atoms with E-state index in [0.717, 1.165) is 5.82 Å². The molecule has 2 aromatic rings. The van der Waals surface area contributed by atoms with Gasteiger partial charge in [-0.2, -0.15) is 0 Å². The lowest BCUT2D eigenvalue weighted by molar-refractivity contribution is -0.659. The van der Waals surface area contributed by atoms with Gasteiger partial charge in [-0.1, -0.05) is 18.2 Å². The third kappa shape index (κ3) is 1.40. The van der Waals surface area contributed by atoms with Gasteiger partial charge in [-0.25, -0.2) is 4.57 Å². The summed E-state index contributed by atoms with van der Waals surface area (Å²) in [5.74, 6) is 1.15. The SMILES string of the molecule is Cc1ccccc1-c1n([Si])cc[n+]1C. The number of aryl methyl sites for hydroxylation is 2. The Kier molecular flexibility index (Phi) is 2.25. The number of aromatic nitrogens is 2. The van der Waals surface area contributed by atoms with Gasteiger partial charge in [-0.05, 0) is 18.6 Å². The quantitative estimate of drug-likeness (QED) is 0.483. The lowest BCUT2D eigenvalue weighted by atomic mass is 10.1. The molecule has 0 bridgehead atoms. The third-order valence-electron chi connectivity index (χ3n) is 2.39.